The van der Waals surface area contributed by atoms with E-state index in [-0.39, 0.29) is 48.1 Å². The first kappa shape index (κ1) is 28.0. The van der Waals surface area contributed by atoms with E-state index in [1.807, 2.05) is 0 Å². The number of rotatable bonds is 9. The first-order valence-electron chi connectivity index (χ1n) is 4.66. The fourth-order valence-electron chi connectivity index (χ4n) is 1.18. The van der Waals surface area contributed by atoms with Gasteiger partial charge < -0.3 is 31.4 Å². The Labute approximate surface area is 162 Å². The van der Waals surface area contributed by atoms with Gasteiger partial charge in [0.25, 0.3) is 0 Å². The Kier molecular flexibility index (Phi) is 12.5. The molecule has 0 aliphatic rings. The summed E-state index contributed by atoms with van der Waals surface area (Å²) in [6, 6.07) is 0. The molecule has 132 valence electrons. The van der Waals surface area contributed by atoms with Crippen LogP contribution in [0.1, 0.15) is 14.3 Å². The molecule has 0 spiro atoms. The molecular formula is C6H11FeNaO13P2. The maximum Gasteiger partial charge on any atom is 1.00 e. The number of carboxylic acids is 3. The van der Waals surface area contributed by atoms with Crippen molar-refractivity contribution in [2.24, 2.45) is 0 Å². The van der Waals surface area contributed by atoms with Crippen molar-refractivity contribution >= 4 is 33.6 Å². The molecule has 17 heteroatoms. The zero-order chi connectivity index (χ0) is 17.1. The van der Waals surface area contributed by atoms with Crippen molar-refractivity contribution in [3.05, 3.63) is 0 Å². The van der Waals surface area contributed by atoms with Gasteiger partial charge in [-0.15, -0.1) is 0 Å². The molecule has 0 amide bonds. The van der Waals surface area contributed by atoms with E-state index in [1.165, 1.54) is 0 Å². The summed E-state index contributed by atoms with van der Waals surface area (Å²) in [5.74, 6) is -6.07. The van der Waals surface area contributed by atoms with E-state index in [9.17, 15) is 23.5 Å². The summed E-state index contributed by atoms with van der Waals surface area (Å²) >= 11 is 0. The normalized spacial score (nSPS) is 13.9. The minimum absolute atomic E-state index is 0. The zero-order valence-electron chi connectivity index (χ0n) is 12.2. The van der Waals surface area contributed by atoms with Crippen LogP contribution in [-0.4, -0.2) is 53.5 Å². The first-order chi connectivity index (χ1) is 9.19. The number of hydrogen-bond donors (Lipinski definition) is 6. The molecule has 0 aromatic rings. The molecule has 1 unspecified atom stereocenters. The molecule has 0 aromatic heterocycles. The monoisotopic (exact) mass is 432 g/mol. The number of aliphatic carboxylic acids is 3. The second-order valence-corrected chi connectivity index (χ2v) is 6.33. The van der Waals surface area contributed by atoms with Crippen LogP contribution in [0.3, 0.4) is 0 Å². The Balaban J connectivity index is -0.000000667. The molecular weight excluding hydrogens is 421 g/mol. The average molecular weight is 432 g/mol. The van der Waals surface area contributed by atoms with Gasteiger partial charge in [0.05, 0.1) is 12.8 Å². The van der Waals surface area contributed by atoms with Crippen molar-refractivity contribution in [3.8, 4) is 0 Å². The predicted molar refractivity (Wildman–Crippen MR) is 60.0 cm³/mol. The standard InChI is InChI=1S/C6H10O13P2.Fe.Na.H/c7-3(8)1-6(5(11)12,2-4(9)10)18-21(16,17)19-20(13,14)15;;;/h1-2H2,(H,7,8)(H,9,10)(H,11,12)(H,16,17)(H2,13,14,15);;;/q;;+1;-1. The Bertz CT molecular complexity index is 533. The Morgan fingerprint density at radius 3 is 1.52 bits per heavy atom. The van der Waals surface area contributed by atoms with Crippen LogP contribution in [-0.2, 0) is 49.4 Å². The maximum absolute atomic E-state index is 11.3. The number of carboxylic acid groups (broad SMARTS) is 3. The van der Waals surface area contributed by atoms with Crippen LogP contribution in [0, 0.1) is 0 Å². The number of phosphoric ester groups is 1. The number of carbonyl (C=O) groups is 3. The van der Waals surface area contributed by atoms with Gasteiger partial charge in [-0.25, -0.2) is 13.9 Å². The van der Waals surface area contributed by atoms with Gasteiger partial charge in [0.1, 0.15) is 0 Å². The van der Waals surface area contributed by atoms with Crippen LogP contribution in [0.15, 0.2) is 0 Å². The van der Waals surface area contributed by atoms with Crippen LogP contribution < -0.4 is 29.6 Å². The Hall–Kier alpha value is 0.189. The van der Waals surface area contributed by atoms with E-state index in [2.05, 4.69) is 8.83 Å². The topological polar surface area (TPSA) is 225 Å². The molecule has 0 saturated heterocycles. The smallest absolute Gasteiger partial charge is 1.00 e. The van der Waals surface area contributed by atoms with Crippen molar-refractivity contribution in [2.45, 2.75) is 18.4 Å². The largest absolute Gasteiger partial charge is 1.00 e. The number of hydrogen-bond acceptors (Lipinski definition) is 7. The van der Waals surface area contributed by atoms with E-state index in [0.717, 1.165) is 0 Å². The van der Waals surface area contributed by atoms with Crippen molar-refractivity contribution < 1.29 is 110 Å². The molecule has 13 nitrogen and oxygen atoms in total. The molecule has 0 aliphatic heterocycles. The average Bonchev–Trinajstić information content (AvgIpc) is 2.08. The molecule has 0 bridgehead atoms. The van der Waals surface area contributed by atoms with Crippen molar-refractivity contribution in [1.29, 1.82) is 0 Å². The summed E-state index contributed by atoms with van der Waals surface area (Å²) in [5.41, 5.74) is -3.27. The molecule has 23 heavy (non-hydrogen) atoms. The zero-order valence-corrected chi connectivity index (χ0v) is 16.1. The van der Waals surface area contributed by atoms with E-state index in [0.29, 0.717) is 0 Å². The summed E-state index contributed by atoms with van der Waals surface area (Å²) in [5, 5.41) is 25.9. The third-order valence-electron chi connectivity index (χ3n) is 1.76. The molecule has 0 radical (unpaired) electrons. The van der Waals surface area contributed by atoms with Gasteiger partial charge in [-0.3, -0.25) is 14.1 Å². The van der Waals surface area contributed by atoms with Crippen molar-refractivity contribution in [2.75, 3.05) is 0 Å². The summed E-state index contributed by atoms with van der Waals surface area (Å²) < 4.78 is 28.9. The summed E-state index contributed by atoms with van der Waals surface area (Å²) in [4.78, 5) is 57.9. The molecule has 1 atom stereocenters. The first-order valence-corrected chi connectivity index (χ1v) is 7.69. The van der Waals surface area contributed by atoms with E-state index in [4.69, 9.17) is 30.0 Å². The van der Waals surface area contributed by atoms with Gasteiger partial charge in [-0.1, -0.05) is 0 Å². The Morgan fingerprint density at radius 1 is 0.957 bits per heavy atom. The molecule has 0 aliphatic carbocycles. The molecule has 6 N–H and O–H groups in total. The number of phosphoric acid groups is 2. The van der Waals surface area contributed by atoms with Crippen LogP contribution in [0.2, 0.25) is 0 Å². The fourth-order valence-corrected chi connectivity index (χ4v) is 3.04. The Morgan fingerprint density at radius 2 is 1.30 bits per heavy atom. The van der Waals surface area contributed by atoms with Gasteiger partial charge in [-0.05, 0) is 0 Å². The minimum Gasteiger partial charge on any atom is -1.00 e. The second-order valence-electron chi connectivity index (χ2n) is 3.57. The maximum atomic E-state index is 11.3. The summed E-state index contributed by atoms with van der Waals surface area (Å²) in [6.07, 6.45) is -3.16. The van der Waals surface area contributed by atoms with E-state index >= 15 is 0 Å². The summed E-state index contributed by atoms with van der Waals surface area (Å²) in [7, 11) is -11.4. The van der Waals surface area contributed by atoms with Crippen molar-refractivity contribution in [3.63, 3.8) is 0 Å². The van der Waals surface area contributed by atoms with Gasteiger partial charge in [0, 0.05) is 17.1 Å². The van der Waals surface area contributed by atoms with Gasteiger partial charge in [0.2, 0.25) is 0 Å². The van der Waals surface area contributed by atoms with Crippen LogP contribution in [0.5, 0.6) is 0 Å². The predicted octanol–water partition coefficient (Wildman–Crippen LogP) is -3.90. The third-order valence-corrected chi connectivity index (χ3v) is 4.02. The van der Waals surface area contributed by atoms with Gasteiger partial charge in [-0.2, -0.15) is 4.31 Å². The van der Waals surface area contributed by atoms with Crippen LogP contribution in [0.25, 0.3) is 0 Å². The molecule has 0 saturated carbocycles. The minimum atomic E-state index is -5.77. The molecule has 0 rings (SSSR count). The third kappa shape index (κ3) is 11.4. The van der Waals surface area contributed by atoms with Gasteiger partial charge >= 0.3 is 63.1 Å². The second kappa shape index (κ2) is 10.2. The van der Waals surface area contributed by atoms with Crippen molar-refractivity contribution in [1.82, 2.24) is 0 Å². The van der Waals surface area contributed by atoms with E-state index in [1.54, 1.807) is 0 Å². The van der Waals surface area contributed by atoms with Gasteiger partial charge in [0.15, 0.2) is 5.60 Å². The molecule has 0 heterocycles. The van der Waals surface area contributed by atoms with Crippen LogP contribution in [0.4, 0.5) is 0 Å². The van der Waals surface area contributed by atoms with E-state index < -0.39 is 52.0 Å². The fraction of sp³-hybridized carbons (Fsp3) is 0.500. The SMILES string of the molecule is O=C(O)CC(CC(=O)O)(OP(=O)(O)OP(=O)(O)O)C(=O)O.[Fe].[H-].[Na+]. The van der Waals surface area contributed by atoms with Crippen LogP contribution >= 0.6 is 15.6 Å². The molecule has 0 fully saturated rings. The summed E-state index contributed by atoms with van der Waals surface area (Å²) in [6.45, 7) is 0. The quantitative estimate of drug-likeness (QED) is 0.152. The molecule has 0 aromatic carbocycles.